The van der Waals surface area contributed by atoms with Crippen molar-refractivity contribution in [1.82, 2.24) is 0 Å². The molecule has 0 heterocycles. The van der Waals surface area contributed by atoms with E-state index in [2.05, 4.69) is 27.7 Å². The Morgan fingerprint density at radius 1 is 0.880 bits per heavy atom. The highest BCUT2D eigenvalue weighted by molar-refractivity contribution is 4.99. The fourth-order valence-corrected chi connectivity index (χ4v) is 6.36. The van der Waals surface area contributed by atoms with E-state index in [4.69, 9.17) is 9.47 Å². The SMILES string of the molecule is COCC(COC)(C(C)C1CCCCC1)C1CC(C)CCC1C(C)C. The molecule has 0 amide bonds. The zero-order chi connectivity index (χ0) is 18.4. The summed E-state index contributed by atoms with van der Waals surface area (Å²) < 4.78 is 11.8. The van der Waals surface area contributed by atoms with E-state index in [1.807, 2.05) is 14.2 Å². The van der Waals surface area contributed by atoms with Crippen LogP contribution in [0.4, 0.5) is 0 Å². The average Bonchev–Trinajstić information content (AvgIpc) is 2.61. The van der Waals surface area contributed by atoms with Gasteiger partial charge in [0.05, 0.1) is 13.2 Å². The molecule has 2 rings (SSSR count). The lowest BCUT2D eigenvalue weighted by molar-refractivity contribution is -0.121. The Labute approximate surface area is 157 Å². The number of hydrogen-bond donors (Lipinski definition) is 0. The fraction of sp³-hybridized carbons (Fsp3) is 1.00. The van der Waals surface area contributed by atoms with Crippen molar-refractivity contribution in [3.05, 3.63) is 0 Å². The minimum atomic E-state index is 0.176. The van der Waals surface area contributed by atoms with Crippen LogP contribution in [0.2, 0.25) is 0 Å². The minimum absolute atomic E-state index is 0.176. The van der Waals surface area contributed by atoms with Crippen molar-refractivity contribution in [2.24, 2.45) is 40.9 Å². The predicted octanol–water partition coefficient (Wildman–Crippen LogP) is 6.19. The molecule has 2 aliphatic carbocycles. The molecule has 0 N–H and O–H groups in total. The van der Waals surface area contributed by atoms with Gasteiger partial charge in [0.2, 0.25) is 0 Å². The molecule has 2 aliphatic rings. The van der Waals surface area contributed by atoms with E-state index in [1.165, 1.54) is 51.4 Å². The highest BCUT2D eigenvalue weighted by Crippen LogP contribution is 2.53. The van der Waals surface area contributed by atoms with E-state index < -0.39 is 0 Å². The van der Waals surface area contributed by atoms with E-state index in [9.17, 15) is 0 Å². The lowest BCUT2D eigenvalue weighted by Crippen LogP contribution is -2.52. The fourth-order valence-electron chi connectivity index (χ4n) is 6.36. The highest BCUT2D eigenvalue weighted by Gasteiger charge is 2.50. The van der Waals surface area contributed by atoms with Crippen molar-refractivity contribution in [2.45, 2.75) is 79.1 Å². The molecule has 2 fully saturated rings. The summed E-state index contributed by atoms with van der Waals surface area (Å²) in [7, 11) is 3.79. The Kier molecular flexibility index (Phi) is 8.27. The molecule has 25 heavy (non-hydrogen) atoms. The molecule has 148 valence electrons. The topological polar surface area (TPSA) is 18.5 Å². The van der Waals surface area contributed by atoms with Crippen molar-refractivity contribution >= 4 is 0 Å². The maximum Gasteiger partial charge on any atom is 0.0546 e. The second-order valence-electron chi connectivity index (χ2n) is 9.72. The standard InChI is InChI=1S/C23H44O2/c1-17(2)21-13-12-18(3)14-22(21)23(15-24-5,16-25-6)19(4)20-10-8-7-9-11-20/h17-22H,7-16H2,1-6H3. The molecule has 2 nitrogen and oxygen atoms in total. The predicted molar refractivity (Wildman–Crippen MR) is 107 cm³/mol. The third kappa shape index (κ3) is 4.80. The van der Waals surface area contributed by atoms with Crippen LogP contribution in [-0.2, 0) is 9.47 Å². The zero-order valence-electron chi connectivity index (χ0n) is 17.9. The Morgan fingerprint density at radius 2 is 1.48 bits per heavy atom. The first-order valence-electron chi connectivity index (χ1n) is 10.9. The molecule has 0 aromatic carbocycles. The van der Waals surface area contributed by atoms with Gasteiger partial charge in [-0.05, 0) is 48.3 Å². The molecule has 0 aromatic heterocycles. The number of rotatable bonds is 8. The first-order chi connectivity index (χ1) is 12.0. The van der Waals surface area contributed by atoms with Gasteiger partial charge in [-0.25, -0.2) is 0 Å². The molecule has 2 saturated carbocycles. The zero-order valence-corrected chi connectivity index (χ0v) is 17.9. The third-order valence-corrected chi connectivity index (χ3v) is 7.85. The van der Waals surface area contributed by atoms with E-state index in [1.54, 1.807) is 0 Å². The van der Waals surface area contributed by atoms with Crippen molar-refractivity contribution in [2.75, 3.05) is 27.4 Å². The summed E-state index contributed by atoms with van der Waals surface area (Å²) in [5.41, 5.74) is 0.176. The van der Waals surface area contributed by atoms with Gasteiger partial charge in [-0.3, -0.25) is 0 Å². The highest BCUT2D eigenvalue weighted by atomic mass is 16.5. The van der Waals surface area contributed by atoms with Crippen LogP contribution in [0, 0.1) is 40.9 Å². The average molecular weight is 353 g/mol. The summed E-state index contributed by atoms with van der Waals surface area (Å²) in [5.74, 6) is 4.67. The number of ether oxygens (including phenoxy) is 2. The molecule has 2 heteroatoms. The molecule has 0 spiro atoms. The smallest absolute Gasteiger partial charge is 0.0546 e. The Hall–Kier alpha value is -0.0800. The van der Waals surface area contributed by atoms with Gasteiger partial charge in [0.15, 0.2) is 0 Å². The lowest BCUT2D eigenvalue weighted by Gasteiger charge is -2.53. The Balaban J connectivity index is 2.36. The van der Waals surface area contributed by atoms with Gasteiger partial charge in [-0.1, -0.05) is 66.2 Å². The summed E-state index contributed by atoms with van der Waals surface area (Å²) in [4.78, 5) is 0. The quantitative estimate of drug-likeness (QED) is 0.518. The van der Waals surface area contributed by atoms with Crippen LogP contribution in [0.1, 0.15) is 79.1 Å². The summed E-state index contributed by atoms with van der Waals surface area (Å²) in [5, 5.41) is 0. The van der Waals surface area contributed by atoms with E-state index in [-0.39, 0.29) is 5.41 Å². The molecule has 4 unspecified atom stereocenters. The van der Waals surface area contributed by atoms with Crippen molar-refractivity contribution < 1.29 is 9.47 Å². The number of methoxy groups -OCH3 is 2. The molecule has 0 saturated heterocycles. The Morgan fingerprint density at radius 3 is 2.00 bits per heavy atom. The third-order valence-electron chi connectivity index (χ3n) is 7.85. The summed E-state index contributed by atoms with van der Waals surface area (Å²) in [6.07, 6.45) is 11.2. The van der Waals surface area contributed by atoms with Gasteiger partial charge < -0.3 is 9.47 Å². The van der Waals surface area contributed by atoms with E-state index >= 15 is 0 Å². The second kappa shape index (κ2) is 9.74. The van der Waals surface area contributed by atoms with Crippen molar-refractivity contribution in [1.29, 1.82) is 0 Å². The van der Waals surface area contributed by atoms with Crippen molar-refractivity contribution in [3.63, 3.8) is 0 Å². The first-order valence-corrected chi connectivity index (χ1v) is 10.9. The van der Waals surface area contributed by atoms with Gasteiger partial charge >= 0.3 is 0 Å². The van der Waals surface area contributed by atoms with Crippen LogP contribution in [0.15, 0.2) is 0 Å². The van der Waals surface area contributed by atoms with Crippen LogP contribution < -0.4 is 0 Å². The monoisotopic (exact) mass is 352 g/mol. The van der Waals surface area contributed by atoms with Gasteiger partial charge in [-0.15, -0.1) is 0 Å². The molecular weight excluding hydrogens is 308 g/mol. The summed E-state index contributed by atoms with van der Waals surface area (Å²) in [6, 6.07) is 0. The molecule has 0 aliphatic heterocycles. The maximum atomic E-state index is 5.91. The van der Waals surface area contributed by atoms with Gasteiger partial charge in [-0.2, -0.15) is 0 Å². The normalized spacial score (nSPS) is 30.6. The largest absolute Gasteiger partial charge is 0.384 e. The molecule has 0 bridgehead atoms. The van der Waals surface area contributed by atoms with Crippen LogP contribution in [-0.4, -0.2) is 27.4 Å². The molecular formula is C23H44O2. The summed E-state index contributed by atoms with van der Waals surface area (Å²) in [6.45, 7) is 11.6. The minimum Gasteiger partial charge on any atom is -0.384 e. The van der Waals surface area contributed by atoms with Crippen molar-refractivity contribution in [3.8, 4) is 0 Å². The Bertz CT molecular complexity index is 366. The molecule has 0 aromatic rings. The first kappa shape index (κ1) is 21.2. The summed E-state index contributed by atoms with van der Waals surface area (Å²) >= 11 is 0. The van der Waals surface area contributed by atoms with Crippen LogP contribution in [0.3, 0.4) is 0 Å². The van der Waals surface area contributed by atoms with Gasteiger partial charge in [0.25, 0.3) is 0 Å². The number of hydrogen-bond acceptors (Lipinski definition) is 2. The van der Waals surface area contributed by atoms with Crippen LogP contribution in [0.5, 0.6) is 0 Å². The lowest BCUT2D eigenvalue weighted by atomic mass is 9.53. The van der Waals surface area contributed by atoms with Gasteiger partial charge in [0.1, 0.15) is 0 Å². The van der Waals surface area contributed by atoms with E-state index in [0.717, 1.165) is 42.8 Å². The van der Waals surface area contributed by atoms with E-state index in [0.29, 0.717) is 5.92 Å². The van der Waals surface area contributed by atoms with Crippen LogP contribution >= 0.6 is 0 Å². The van der Waals surface area contributed by atoms with Gasteiger partial charge in [0, 0.05) is 19.6 Å². The van der Waals surface area contributed by atoms with Crippen LogP contribution in [0.25, 0.3) is 0 Å². The molecule has 4 atom stereocenters. The second-order valence-corrected chi connectivity index (χ2v) is 9.72. The molecule has 0 radical (unpaired) electrons. The maximum absolute atomic E-state index is 5.91.